The summed E-state index contributed by atoms with van der Waals surface area (Å²) in [5.41, 5.74) is 4.71. The molecule has 3 heterocycles. The van der Waals surface area contributed by atoms with Crippen molar-refractivity contribution in [3.63, 3.8) is 0 Å². The van der Waals surface area contributed by atoms with Crippen LogP contribution in [0.5, 0.6) is 5.75 Å². The average Bonchev–Trinajstić information content (AvgIpc) is 3.45. The molecule has 45 heavy (non-hydrogen) atoms. The Labute approximate surface area is 270 Å². The number of halogens is 1. The number of aryl methyl sites for hydroxylation is 1. The van der Waals surface area contributed by atoms with Gasteiger partial charge < -0.3 is 25.0 Å². The van der Waals surface area contributed by atoms with Gasteiger partial charge in [-0.3, -0.25) is 9.59 Å². The molecule has 1 atom stereocenters. The highest BCUT2D eigenvalue weighted by molar-refractivity contribution is 7.98. The third-order valence-corrected chi connectivity index (χ3v) is 8.85. The summed E-state index contributed by atoms with van der Waals surface area (Å²) in [6.45, 7) is 5.98. The minimum absolute atomic E-state index is 0.0604. The fourth-order valence-corrected chi connectivity index (χ4v) is 6.38. The first-order chi connectivity index (χ1) is 21.9. The van der Waals surface area contributed by atoms with Gasteiger partial charge in [0.1, 0.15) is 11.8 Å². The SMILES string of the molecule is CC1=C(C(=O)Nc2cccc(C)c2)C(c2ccc(OCC(=O)N3CCOCC3)cc2)n2nc(SCc3ccccc3Cl)nc2N1. The number of hydrogen-bond acceptors (Lipinski definition) is 8. The van der Waals surface area contributed by atoms with Crippen LogP contribution < -0.4 is 15.4 Å². The van der Waals surface area contributed by atoms with E-state index in [0.717, 1.165) is 16.7 Å². The molecule has 1 unspecified atom stereocenters. The van der Waals surface area contributed by atoms with Crippen LogP contribution in [0.1, 0.15) is 29.7 Å². The summed E-state index contributed by atoms with van der Waals surface area (Å²) in [5, 5.41) is 12.4. The molecule has 0 spiro atoms. The van der Waals surface area contributed by atoms with E-state index in [1.165, 1.54) is 11.8 Å². The third kappa shape index (κ3) is 7.16. The van der Waals surface area contributed by atoms with E-state index in [1.54, 1.807) is 21.7 Å². The van der Waals surface area contributed by atoms with Gasteiger partial charge >= 0.3 is 0 Å². The number of ether oxygens (including phenoxy) is 2. The fourth-order valence-electron chi connectivity index (χ4n) is 5.27. The number of benzene rings is 3. The molecule has 2 aliphatic rings. The van der Waals surface area contributed by atoms with Crippen molar-refractivity contribution in [1.29, 1.82) is 0 Å². The average molecular weight is 645 g/mol. The maximum atomic E-state index is 13.9. The molecule has 0 aliphatic carbocycles. The summed E-state index contributed by atoms with van der Waals surface area (Å²) in [5.74, 6) is 1.34. The van der Waals surface area contributed by atoms with Crippen molar-refractivity contribution in [3.05, 3.63) is 106 Å². The normalized spacial score (nSPS) is 16.2. The molecule has 0 saturated carbocycles. The topological polar surface area (TPSA) is 111 Å². The number of nitrogens with one attached hydrogen (secondary N) is 2. The molecular weight excluding hydrogens is 612 g/mol. The number of hydrogen-bond donors (Lipinski definition) is 2. The lowest BCUT2D eigenvalue weighted by molar-refractivity contribution is -0.137. The Balaban J connectivity index is 1.26. The van der Waals surface area contributed by atoms with Gasteiger partial charge in [-0.05, 0) is 60.9 Å². The minimum atomic E-state index is -0.572. The number of nitrogens with zero attached hydrogens (tertiary/aromatic N) is 4. The number of carbonyl (C=O) groups is 2. The Morgan fingerprint density at radius 1 is 1.07 bits per heavy atom. The van der Waals surface area contributed by atoms with Gasteiger partial charge in [0.05, 0.1) is 18.8 Å². The molecule has 4 aromatic rings. The van der Waals surface area contributed by atoms with Gasteiger partial charge in [0.15, 0.2) is 6.61 Å². The van der Waals surface area contributed by atoms with E-state index in [9.17, 15) is 9.59 Å². The zero-order valence-corrected chi connectivity index (χ0v) is 26.5. The molecule has 3 aromatic carbocycles. The Morgan fingerprint density at radius 2 is 1.84 bits per heavy atom. The third-order valence-electron chi connectivity index (χ3n) is 7.59. The molecule has 2 aliphatic heterocycles. The Kier molecular flexibility index (Phi) is 9.39. The lowest BCUT2D eigenvalue weighted by Crippen LogP contribution is -2.42. The van der Waals surface area contributed by atoms with Crippen molar-refractivity contribution in [2.45, 2.75) is 30.8 Å². The van der Waals surface area contributed by atoms with Crippen molar-refractivity contribution >= 4 is 46.8 Å². The number of morpholine rings is 1. The number of amides is 2. The highest BCUT2D eigenvalue weighted by Crippen LogP contribution is 2.38. The molecule has 12 heteroatoms. The van der Waals surface area contributed by atoms with Gasteiger partial charge in [0.2, 0.25) is 11.1 Å². The highest BCUT2D eigenvalue weighted by Gasteiger charge is 2.34. The molecule has 2 amide bonds. The van der Waals surface area contributed by atoms with Crippen LogP contribution in [0.2, 0.25) is 5.02 Å². The van der Waals surface area contributed by atoms with Crippen LogP contribution in [0.4, 0.5) is 11.6 Å². The number of aromatic nitrogens is 3. The Morgan fingerprint density at radius 3 is 2.60 bits per heavy atom. The van der Waals surface area contributed by atoms with Gasteiger partial charge in [-0.15, -0.1) is 5.10 Å². The molecule has 232 valence electrons. The minimum Gasteiger partial charge on any atom is -0.484 e. The number of carbonyl (C=O) groups excluding carboxylic acids is 2. The molecule has 2 N–H and O–H groups in total. The van der Waals surface area contributed by atoms with E-state index in [-0.39, 0.29) is 18.4 Å². The number of allylic oxidation sites excluding steroid dienone is 1. The van der Waals surface area contributed by atoms with Crippen molar-refractivity contribution in [2.75, 3.05) is 43.5 Å². The lowest BCUT2D eigenvalue weighted by Gasteiger charge is -2.29. The monoisotopic (exact) mass is 644 g/mol. The van der Waals surface area contributed by atoms with Gasteiger partial charge in [0, 0.05) is 35.2 Å². The van der Waals surface area contributed by atoms with Crippen molar-refractivity contribution in [1.82, 2.24) is 19.7 Å². The highest BCUT2D eigenvalue weighted by atomic mass is 35.5. The molecule has 6 rings (SSSR count). The van der Waals surface area contributed by atoms with Crippen LogP contribution in [-0.4, -0.2) is 64.4 Å². The summed E-state index contributed by atoms with van der Waals surface area (Å²) in [6.07, 6.45) is 0. The Bertz CT molecular complexity index is 1740. The summed E-state index contributed by atoms with van der Waals surface area (Å²) in [6, 6.07) is 22.2. The standard InChI is InChI=1S/C33H33ClN6O4S/c1-21-6-5-8-25(18-21)36-31(42)29-22(2)35-32-37-33(45-20-24-7-3-4-9-27(24)34)38-40(32)30(29)23-10-12-26(13-11-23)44-19-28(41)39-14-16-43-17-15-39/h3-13,18,30H,14-17,19-20H2,1-2H3,(H,36,42)(H,35,37,38). The quantitative estimate of drug-likeness (QED) is 0.224. The largest absolute Gasteiger partial charge is 0.484 e. The Hall–Kier alpha value is -4.32. The maximum absolute atomic E-state index is 13.9. The number of thioether (sulfide) groups is 1. The van der Waals surface area contributed by atoms with Gasteiger partial charge in [-0.2, -0.15) is 4.98 Å². The first-order valence-corrected chi connectivity index (χ1v) is 16.0. The second-order valence-corrected chi connectivity index (χ2v) is 12.1. The molecule has 0 radical (unpaired) electrons. The van der Waals surface area contributed by atoms with Crippen molar-refractivity contribution < 1.29 is 19.1 Å². The predicted molar refractivity (Wildman–Crippen MR) is 175 cm³/mol. The van der Waals surface area contributed by atoms with Crippen molar-refractivity contribution in [3.8, 4) is 5.75 Å². The molecule has 1 fully saturated rings. The lowest BCUT2D eigenvalue weighted by atomic mass is 9.95. The van der Waals surface area contributed by atoms with E-state index < -0.39 is 6.04 Å². The second kappa shape index (κ2) is 13.8. The summed E-state index contributed by atoms with van der Waals surface area (Å²) in [7, 11) is 0. The van der Waals surface area contributed by atoms with Crippen LogP contribution in [0.15, 0.2) is 89.2 Å². The van der Waals surface area contributed by atoms with Crippen LogP contribution in [0.25, 0.3) is 0 Å². The molecule has 1 saturated heterocycles. The molecule has 1 aromatic heterocycles. The summed E-state index contributed by atoms with van der Waals surface area (Å²) < 4.78 is 12.9. The van der Waals surface area contributed by atoms with Crippen molar-refractivity contribution in [2.24, 2.45) is 0 Å². The summed E-state index contributed by atoms with van der Waals surface area (Å²) in [4.78, 5) is 32.9. The van der Waals surface area contributed by atoms with Gasteiger partial charge in [-0.1, -0.05) is 65.8 Å². The van der Waals surface area contributed by atoms with Gasteiger partial charge in [-0.25, -0.2) is 4.68 Å². The molecular formula is C33H33ClN6O4S. The smallest absolute Gasteiger partial charge is 0.260 e. The molecule has 10 nitrogen and oxygen atoms in total. The molecule has 0 bridgehead atoms. The van der Waals surface area contributed by atoms with E-state index in [0.29, 0.717) is 70.9 Å². The number of anilines is 2. The van der Waals surface area contributed by atoms with Crippen LogP contribution >= 0.6 is 23.4 Å². The first-order valence-electron chi connectivity index (χ1n) is 14.6. The summed E-state index contributed by atoms with van der Waals surface area (Å²) >= 11 is 7.84. The van der Waals surface area contributed by atoms with Gasteiger partial charge in [0.25, 0.3) is 11.8 Å². The fraction of sp³-hybridized carbons (Fsp3) is 0.273. The van der Waals surface area contributed by atoms with Crippen LogP contribution in [0, 0.1) is 6.92 Å². The predicted octanol–water partition coefficient (Wildman–Crippen LogP) is 5.70. The maximum Gasteiger partial charge on any atom is 0.260 e. The van der Waals surface area contributed by atoms with Crippen LogP contribution in [0.3, 0.4) is 0 Å². The zero-order chi connectivity index (χ0) is 31.3. The second-order valence-electron chi connectivity index (χ2n) is 10.8. The zero-order valence-electron chi connectivity index (χ0n) is 25.0. The first kappa shape index (κ1) is 30.7. The van der Waals surface area contributed by atoms with E-state index in [4.69, 9.17) is 31.2 Å². The van der Waals surface area contributed by atoms with E-state index in [2.05, 4.69) is 10.6 Å². The van der Waals surface area contributed by atoms with E-state index in [1.807, 2.05) is 74.5 Å². The van der Waals surface area contributed by atoms with Crippen LogP contribution in [-0.2, 0) is 20.1 Å². The number of fused-ring (bicyclic) bond motifs is 1. The van der Waals surface area contributed by atoms with E-state index >= 15 is 0 Å². The number of rotatable bonds is 9.